The van der Waals surface area contributed by atoms with Crippen LogP contribution in [0.25, 0.3) is 0 Å². The van der Waals surface area contributed by atoms with Crippen LogP contribution in [0.15, 0.2) is 0 Å². The zero-order chi connectivity index (χ0) is 16.3. The van der Waals surface area contributed by atoms with Crippen LogP contribution in [0, 0.1) is 5.92 Å². The molecule has 1 atom stereocenters. The topological polar surface area (TPSA) is 38.8 Å². The summed E-state index contributed by atoms with van der Waals surface area (Å²) in [5.74, 6) is 0.508. The molecule has 21 heavy (non-hydrogen) atoms. The number of hydrogen-bond donors (Lipinski definition) is 0. The summed E-state index contributed by atoms with van der Waals surface area (Å²) in [5.41, 5.74) is -0.527. The number of amides is 1. The summed E-state index contributed by atoms with van der Waals surface area (Å²) in [5, 5.41) is 0. The molecule has 1 rings (SSSR count). The van der Waals surface area contributed by atoms with Crippen LogP contribution < -0.4 is 0 Å². The van der Waals surface area contributed by atoms with Gasteiger partial charge in [0, 0.05) is 17.5 Å². The van der Waals surface area contributed by atoms with Gasteiger partial charge >= 0.3 is 6.09 Å². The third kappa shape index (κ3) is 5.93. The largest absolute Gasteiger partial charge is 0.444 e. The summed E-state index contributed by atoms with van der Waals surface area (Å²) in [6.07, 6.45) is 1.80. The van der Waals surface area contributed by atoms with Gasteiger partial charge in [-0.3, -0.25) is 0 Å². The molecular formula is C16H30INO3. The number of rotatable bonds is 4. The van der Waals surface area contributed by atoms with Gasteiger partial charge in [-0.15, -0.1) is 0 Å². The normalized spacial score (nSPS) is 20.5. The fourth-order valence-corrected chi connectivity index (χ4v) is 3.18. The number of piperidine rings is 1. The molecule has 4 nitrogen and oxygen atoms in total. The maximum absolute atomic E-state index is 12.1. The van der Waals surface area contributed by atoms with Crippen molar-refractivity contribution in [2.45, 2.75) is 71.7 Å². The number of nitrogens with zero attached hydrogens (tertiary/aromatic N) is 1. The second kappa shape index (κ2) is 7.49. The fraction of sp³-hybridized carbons (Fsp3) is 0.938. The molecule has 0 radical (unpaired) electrons. The summed E-state index contributed by atoms with van der Waals surface area (Å²) in [6, 6.07) is 0. The maximum Gasteiger partial charge on any atom is 0.410 e. The van der Waals surface area contributed by atoms with Crippen molar-refractivity contribution in [1.29, 1.82) is 0 Å². The van der Waals surface area contributed by atoms with Crippen LogP contribution >= 0.6 is 22.6 Å². The molecule has 1 amide bonds. The molecule has 0 saturated carbocycles. The minimum absolute atomic E-state index is 0.0945. The summed E-state index contributed by atoms with van der Waals surface area (Å²) in [4.78, 5) is 13.9. The van der Waals surface area contributed by atoms with E-state index >= 15 is 0 Å². The van der Waals surface area contributed by atoms with Crippen molar-refractivity contribution in [3.63, 3.8) is 0 Å². The number of carbonyl (C=O) groups excluding carboxylic acids is 1. The van der Waals surface area contributed by atoms with Crippen LogP contribution in [0.2, 0.25) is 0 Å². The lowest BCUT2D eigenvalue weighted by Gasteiger charge is -2.43. The average Bonchev–Trinajstić information content (AvgIpc) is 2.37. The van der Waals surface area contributed by atoms with Gasteiger partial charge < -0.3 is 14.4 Å². The van der Waals surface area contributed by atoms with Crippen molar-refractivity contribution in [3.05, 3.63) is 0 Å². The lowest BCUT2D eigenvalue weighted by molar-refractivity contribution is -0.114. The van der Waals surface area contributed by atoms with Crippen LogP contribution in [0.4, 0.5) is 4.79 Å². The van der Waals surface area contributed by atoms with Crippen molar-refractivity contribution in [2.24, 2.45) is 5.92 Å². The fourth-order valence-electron chi connectivity index (χ4n) is 2.24. The van der Waals surface area contributed by atoms with E-state index in [0.717, 1.165) is 17.3 Å². The second-order valence-electron chi connectivity index (χ2n) is 7.35. The Morgan fingerprint density at radius 1 is 1.24 bits per heavy atom. The molecule has 124 valence electrons. The minimum Gasteiger partial charge on any atom is -0.444 e. The molecule has 0 N–H and O–H groups in total. The number of alkyl halides is 1. The molecule has 0 spiro atoms. The van der Waals surface area contributed by atoms with E-state index in [2.05, 4.69) is 43.4 Å². The van der Waals surface area contributed by atoms with Crippen molar-refractivity contribution in [1.82, 2.24) is 4.90 Å². The first-order valence-corrected chi connectivity index (χ1v) is 9.33. The van der Waals surface area contributed by atoms with Crippen molar-refractivity contribution < 1.29 is 14.3 Å². The third-order valence-corrected chi connectivity index (χ3v) is 5.33. The van der Waals surface area contributed by atoms with E-state index < -0.39 is 5.60 Å². The summed E-state index contributed by atoms with van der Waals surface area (Å²) < 4.78 is 12.7. The molecule has 0 aromatic heterocycles. The van der Waals surface area contributed by atoms with Crippen molar-refractivity contribution in [3.8, 4) is 0 Å². The Hall–Kier alpha value is -0.0400. The van der Waals surface area contributed by atoms with Crippen LogP contribution in [0.1, 0.15) is 54.4 Å². The Labute approximate surface area is 143 Å². The van der Waals surface area contributed by atoms with Crippen LogP contribution in [-0.4, -0.2) is 45.8 Å². The molecular weight excluding hydrogens is 381 g/mol. The third-order valence-electron chi connectivity index (χ3n) is 3.94. The maximum atomic E-state index is 12.1. The lowest BCUT2D eigenvalue weighted by Crippen LogP contribution is -2.51. The smallest absolute Gasteiger partial charge is 0.410 e. The Bertz CT molecular complexity index is 344. The highest BCUT2D eigenvalue weighted by atomic mass is 127. The predicted molar refractivity (Wildman–Crippen MR) is 94.0 cm³/mol. The Kier molecular flexibility index (Phi) is 6.78. The monoisotopic (exact) mass is 411 g/mol. The van der Waals surface area contributed by atoms with E-state index in [1.807, 2.05) is 20.8 Å². The molecule has 1 fully saturated rings. The number of carbonyl (C=O) groups is 1. The molecule has 1 saturated heterocycles. The standard InChI is InChI=1S/C16H30INO3/c1-12(2)13(3)20-16(11-17)7-9-18(10-8-16)14(19)21-15(4,5)6/h12-13H,7-11H2,1-6H3. The molecule has 1 unspecified atom stereocenters. The highest BCUT2D eigenvalue weighted by Crippen LogP contribution is 2.32. The van der Waals surface area contributed by atoms with E-state index in [1.165, 1.54) is 0 Å². The number of ether oxygens (including phenoxy) is 2. The quantitative estimate of drug-likeness (QED) is 0.513. The molecule has 0 aromatic rings. The SMILES string of the molecule is CC(C)C(C)OC1(CI)CCN(C(=O)OC(C)(C)C)CC1. The highest BCUT2D eigenvalue weighted by molar-refractivity contribution is 14.1. The predicted octanol–water partition coefficient (Wildman–Crippen LogP) is 4.25. The van der Waals surface area contributed by atoms with Gasteiger partial charge in [0.25, 0.3) is 0 Å². The van der Waals surface area contributed by atoms with Gasteiger partial charge in [-0.05, 0) is 46.5 Å². The number of likely N-dealkylation sites (tertiary alicyclic amines) is 1. The second-order valence-corrected chi connectivity index (χ2v) is 8.11. The minimum atomic E-state index is -0.433. The molecule has 0 aliphatic carbocycles. The highest BCUT2D eigenvalue weighted by Gasteiger charge is 2.38. The van der Waals surface area contributed by atoms with Crippen LogP contribution in [-0.2, 0) is 9.47 Å². The Morgan fingerprint density at radius 2 is 1.76 bits per heavy atom. The average molecular weight is 411 g/mol. The van der Waals surface area contributed by atoms with Gasteiger partial charge in [-0.1, -0.05) is 36.4 Å². The first-order chi connectivity index (χ1) is 9.58. The summed E-state index contributed by atoms with van der Waals surface area (Å²) in [6.45, 7) is 13.6. The van der Waals surface area contributed by atoms with E-state index in [4.69, 9.17) is 9.47 Å². The van der Waals surface area contributed by atoms with Gasteiger partial charge in [-0.25, -0.2) is 4.79 Å². The van der Waals surface area contributed by atoms with E-state index in [0.29, 0.717) is 19.0 Å². The van der Waals surface area contributed by atoms with Crippen molar-refractivity contribution >= 4 is 28.7 Å². The van der Waals surface area contributed by atoms with E-state index in [-0.39, 0.29) is 17.8 Å². The summed E-state index contributed by atoms with van der Waals surface area (Å²) in [7, 11) is 0. The molecule has 5 heteroatoms. The van der Waals surface area contributed by atoms with E-state index in [9.17, 15) is 4.79 Å². The van der Waals surface area contributed by atoms with Gasteiger partial charge in [0.1, 0.15) is 5.60 Å². The van der Waals surface area contributed by atoms with Gasteiger partial charge in [0.2, 0.25) is 0 Å². The van der Waals surface area contributed by atoms with Gasteiger partial charge in [0.05, 0.1) is 11.7 Å². The van der Waals surface area contributed by atoms with Crippen LogP contribution in [0.5, 0.6) is 0 Å². The number of halogens is 1. The first-order valence-electron chi connectivity index (χ1n) is 7.80. The molecule has 1 heterocycles. The molecule has 0 aromatic carbocycles. The molecule has 0 bridgehead atoms. The lowest BCUT2D eigenvalue weighted by atomic mass is 9.92. The number of hydrogen-bond acceptors (Lipinski definition) is 3. The van der Waals surface area contributed by atoms with Gasteiger partial charge in [-0.2, -0.15) is 0 Å². The zero-order valence-electron chi connectivity index (χ0n) is 14.2. The zero-order valence-corrected chi connectivity index (χ0v) is 16.4. The summed E-state index contributed by atoms with van der Waals surface area (Å²) >= 11 is 2.40. The molecule has 1 aliphatic heterocycles. The van der Waals surface area contributed by atoms with Crippen molar-refractivity contribution in [2.75, 3.05) is 17.5 Å². The van der Waals surface area contributed by atoms with E-state index in [1.54, 1.807) is 4.90 Å². The Morgan fingerprint density at radius 3 is 2.14 bits per heavy atom. The first kappa shape index (κ1) is 19.0. The Balaban J connectivity index is 2.58. The van der Waals surface area contributed by atoms with Gasteiger partial charge in [0.15, 0.2) is 0 Å². The molecule has 1 aliphatic rings. The van der Waals surface area contributed by atoms with Crippen LogP contribution in [0.3, 0.4) is 0 Å².